The first-order valence-electron chi connectivity index (χ1n) is 15.6. The highest BCUT2D eigenvalue weighted by Gasteiger charge is 2.29. The van der Waals surface area contributed by atoms with Crippen molar-refractivity contribution in [1.82, 2.24) is 0 Å². The highest BCUT2D eigenvalue weighted by Crippen LogP contribution is 2.41. The average Bonchev–Trinajstić information content (AvgIpc) is 2.85. The van der Waals surface area contributed by atoms with Gasteiger partial charge in [0.25, 0.3) is 0 Å². The summed E-state index contributed by atoms with van der Waals surface area (Å²) in [5, 5.41) is 0. The Bertz CT molecular complexity index is 1140. The first kappa shape index (κ1) is 33.6. The van der Waals surface area contributed by atoms with Gasteiger partial charge in [-0.25, -0.2) is 0 Å². The largest absolute Gasteiger partial charge is 0.0837 e. The van der Waals surface area contributed by atoms with E-state index in [0.717, 1.165) is 12.8 Å². The molecule has 0 aromatic heterocycles. The molecule has 0 nitrogen and oxygen atoms in total. The molecule has 0 heteroatoms. The average molecular weight is 539 g/mol. The molecule has 0 bridgehead atoms. The molecule has 2 aliphatic rings. The second-order valence-electron chi connectivity index (χ2n) is 13.7. The van der Waals surface area contributed by atoms with Crippen LogP contribution in [0.25, 0.3) is 0 Å². The summed E-state index contributed by atoms with van der Waals surface area (Å²) in [6.45, 7) is 23.0. The third-order valence-corrected chi connectivity index (χ3v) is 8.75. The summed E-state index contributed by atoms with van der Waals surface area (Å²) in [5.74, 6) is 1.18. The van der Waals surface area contributed by atoms with Crippen LogP contribution in [-0.4, -0.2) is 0 Å². The van der Waals surface area contributed by atoms with Gasteiger partial charge in [-0.2, -0.15) is 0 Å². The first-order chi connectivity index (χ1) is 18.8. The van der Waals surface area contributed by atoms with Gasteiger partial charge in [0, 0.05) is 0 Å². The van der Waals surface area contributed by atoms with E-state index in [-0.39, 0.29) is 5.41 Å². The Morgan fingerprint density at radius 1 is 0.950 bits per heavy atom. The zero-order chi connectivity index (χ0) is 29.8. The second kappa shape index (κ2) is 16.0. The molecule has 0 aromatic rings. The van der Waals surface area contributed by atoms with Gasteiger partial charge in [-0.05, 0) is 101 Å². The predicted octanol–water partition coefficient (Wildman–Crippen LogP) is 12.5. The van der Waals surface area contributed by atoms with Gasteiger partial charge >= 0.3 is 0 Å². The third-order valence-electron chi connectivity index (χ3n) is 8.75. The maximum absolute atomic E-state index is 2.41. The minimum absolute atomic E-state index is 0.252. The van der Waals surface area contributed by atoms with Crippen molar-refractivity contribution in [2.45, 2.75) is 108 Å². The monoisotopic (exact) mass is 538 g/mol. The van der Waals surface area contributed by atoms with Crippen LogP contribution >= 0.6 is 0 Å². The summed E-state index contributed by atoms with van der Waals surface area (Å²) in [4.78, 5) is 0. The van der Waals surface area contributed by atoms with E-state index in [1.54, 1.807) is 11.1 Å². The molecular formula is C40H58. The molecule has 0 N–H and O–H groups in total. The van der Waals surface area contributed by atoms with Crippen LogP contribution in [0.5, 0.6) is 0 Å². The molecule has 0 amide bonds. The van der Waals surface area contributed by atoms with Crippen molar-refractivity contribution in [2.75, 3.05) is 0 Å². The molecule has 0 aliphatic heterocycles. The quantitative estimate of drug-likeness (QED) is 0.217. The predicted molar refractivity (Wildman–Crippen MR) is 181 cm³/mol. The Kier molecular flexibility index (Phi) is 13.4. The fraction of sp³-hybridized carbons (Fsp3) is 0.500. The van der Waals surface area contributed by atoms with Crippen molar-refractivity contribution in [3.63, 3.8) is 0 Å². The molecule has 2 unspecified atom stereocenters. The van der Waals surface area contributed by atoms with Crippen molar-refractivity contribution in [3.05, 3.63) is 119 Å². The fourth-order valence-electron chi connectivity index (χ4n) is 6.03. The summed E-state index contributed by atoms with van der Waals surface area (Å²) in [7, 11) is 0. The Morgan fingerprint density at radius 3 is 2.27 bits per heavy atom. The van der Waals surface area contributed by atoms with Crippen LogP contribution in [-0.2, 0) is 0 Å². The van der Waals surface area contributed by atoms with Gasteiger partial charge in [-0.3, -0.25) is 0 Å². The van der Waals surface area contributed by atoms with Crippen LogP contribution in [0.4, 0.5) is 0 Å². The lowest BCUT2D eigenvalue weighted by Crippen LogP contribution is -2.24. The van der Waals surface area contributed by atoms with Crippen molar-refractivity contribution in [2.24, 2.45) is 22.7 Å². The van der Waals surface area contributed by atoms with Gasteiger partial charge in [-0.1, -0.05) is 148 Å². The van der Waals surface area contributed by atoms with Gasteiger partial charge in [0.15, 0.2) is 0 Å². The highest BCUT2D eigenvalue weighted by molar-refractivity contribution is 5.33. The number of rotatable bonds is 12. The van der Waals surface area contributed by atoms with E-state index in [2.05, 4.69) is 154 Å². The second-order valence-corrected chi connectivity index (χ2v) is 13.7. The van der Waals surface area contributed by atoms with E-state index < -0.39 is 0 Å². The SMILES string of the molecule is CC1=CC=CC(C)(C)C1CC/C(C)=C/C=C/C(C)=C/C=C/C=C(\C)C=CCC(C)/C=C/C1=C(C)CCCC1(C)C. The summed E-state index contributed by atoms with van der Waals surface area (Å²) in [6, 6.07) is 0. The summed E-state index contributed by atoms with van der Waals surface area (Å²) < 4.78 is 0. The molecule has 0 fully saturated rings. The lowest BCUT2D eigenvalue weighted by molar-refractivity contribution is 0.304. The van der Waals surface area contributed by atoms with E-state index in [9.17, 15) is 0 Å². The van der Waals surface area contributed by atoms with Crippen molar-refractivity contribution in [1.29, 1.82) is 0 Å². The maximum Gasteiger partial charge on any atom is -0.0104 e. The summed E-state index contributed by atoms with van der Waals surface area (Å²) >= 11 is 0. The minimum Gasteiger partial charge on any atom is -0.0837 e. The molecule has 0 spiro atoms. The topological polar surface area (TPSA) is 0 Å². The van der Waals surface area contributed by atoms with Crippen molar-refractivity contribution < 1.29 is 0 Å². The highest BCUT2D eigenvalue weighted by atomic mass is 14.3. The number of hydrogen-bond acceptors (Lipinski definition) is 0. The molecule has 2 rings (SSSR count). The van der Waals surface area contributed by atoms with Gasteiger partial charge in [0.2, 0.25) is 0 Å². The van der Waals surface area contributed by atoms with Crippen LogP contribution in [0.15, 0.2) is 119 Å². The molecule has 2 aliphatic carbocycles. The summed E-state index contributed by atoms with van der Waals surface area (Å²) in [6.07, 6.45) is 38.8. The third kappa shape index (κ3) is 11.5. The summed E-state index contributed by atoms with van der Waals surface area (Å²) in [5.41, 5.74) is 9.19. The van der Waals surface area contributed by atoms with Crippen molar-refractivity contribution in [3.8, 4) is 0 Å². The van der Waals surface area contributed by atoms with Gasteiger partial charge < -0.3 is 0 Å². The molecule has 0 aromatic carbocycles. The van der Waals surface area contributed by atoms with Crippen LogP contribution < -0.4 is 0 Å². The lowest BCUT2D eigenvalue weighted by atomic mass is 9.70. The molecule has 0 radical (unpaired) electrons. The Labute approximate surface area is 248 Å². The van der Waals surface area contributed by atoms with E-state index in [4.69, 9.17) is 0 Å². The zero-order valence-electron chi connectivity index (χ0n) is 27.5. The molecule has 40 heavy (non-hydrogen) atoms. The van der Waals surface area contributed by atoms with Gasteiger partial charge in [0.05, 0.1) is 0 Å². The number of hydrogen-bond donors (Lipinski definition) is 0. The van der Waals surface area contributed by atoms with E-state index in [1.807, 2.05) is 0 Å². The minimum atomic E-state index is 0.252. The van der Waals surface area contributed by atoms with E-state index in [0.29, 0.717) is 17.3 Å². The van der Waals surface area contributed by atoms with Crippen LogP contribution in [0.2, 0.25) is 0 Å². The van der Waals surface area contributed by atoms with E-state index >= 15 is 0 Å². The molecule has 0 saturated heterocycles. The maximum atomic E-state index is 2.41. The molecule has 0 saturated carbocycles. The van der Waals surface area contributed by atoms with Gasteiger partial charge in [0.1, 0.15) is 0 Å². The van der Waals surface area contributed by atoms with Crippen LogP contribution in [0.1, 0.15) is 108 Å². The zero-order valence-corrected chi connectivity index (χ0v) is 27.5. The molecule has 218 valence electrons. The standard InChI is InChI=1S/C40H58/c1-31(19-13-21-33(3)25-27-37-35(5)23-15-29-39(37,7)8)17-11-12-18-32(2)20-14-22-34(4)26-28-38-36(6)24-16-30-40(38,9)10/h11-15,17-21,23,26,28-29,34,37H,16,22,24-25,27,30H2,1-10H3/b12-11+,19-13+,20-14?,28-26+,31-17+,32-18+,33-21+. The fourth-order valence-corrected chi connectivity index (χ4v) is 6.03. The van der Waals surface area contributed by atoms with E-state index in [1.165, 1.54) is 48.0 Å². The normalized spacial score (nSPS) is 23.3. The Morgan fingerprint density at radius 2 is 1.62 bits per heavy atom. The molecule has 2 atom stereocenters. The van der Waals surface area contributed by atoms with Crippen molar-refractivity contribution >= 4 is 0 Å². The molecule has 0 heterocycles. The smallest absolute Gasteiger partial charge is 0.0104 e. The lowest BCUT2D eigenvalue weighted by Gasteiger charge is -2.35. The first-order valence-corrected chi connectivity index (χ1v) is 15.6. The Hall–Kier alpha value is -2.60. The van der Waals surface area contributed by atoms with Gasteiger partial charge in [-0.15, -0.1) is 0 Å². The van der Waals surface area contributed by atoms with Crippen LogP contribution in [0, 0.1) is 22.7 Å². The number of allylic oxidation sites excluding steroid dienone is 20. The molecular weight excluding hydrogens is 480 g/mol. The van der Waals surface area contributed by atoms with Crippen LogP contribution in [0.3, 0.4) is 0 Å². The Balaban J connectivity index is 1.78.